The second-order valence-electron chi connectivity index (χ2n) is 5.62. The van der Waals surface area contributed by atoms with E-state index in [4.69, 9.17) is 0 Å². The Hall–Kier alpha value is -0.450. The Balaban J connectivity index is 1.87. The average molecular weight is 268 g/mol. The number of aliphatic hydroxyl groups is 1. The van der Waals surface area contributed by atoms with Gasteiger partial charge in [-0.3, -0.25) is 0 Å². The minimum absolute atomic E-state index is 0.0578. The first-order chi connectivity index (χ1) is 8.68. The normalized spacial score (nSPS) is 27.8. The molecule has 0 bridgehead atoms. The van der Waals surface area contributed by atoms with Gasteiger partial charge in [-0.2, -0.15) is 0 Å². The van der Waals surface area contributed by atoms with Gasteiger partial charge in [0.25, 0.3) is 0 Å². The first-order valence-electron chi connectivity index (χ1n) is 6.95. The molecule has 1 aromatic heterocycles. The maximum Gasteiger partial charge on any atom is 0.0928 e. The molecular weight excluding hydrogens is 244 g/mol. The highest BCUT2D eigenvalue weighted by molar-refractivity contribution is 7.09. The maximum absolute atomic E-state index is 9.51. The van der Waals surface area contributed by atoms with Gasteiger partial charge in [-0.05, 0) is 25.7 Å². The van der Waals surface area contributed by atoms with Crippen LogP contribution >= 0.6 is 11.3 Å². The summed E-state index contributed by atoms with van der Waals surface area (Å²) in [5, 5.41) is 16.5. The number of thiazole rings is 1. The van der Waals surface area contributed by atoms with E-state index >= 15 is 0 Å². The SMILES string of the molecule is CCCc1nc(CNC2CCCC2(C)CO)cs1. The lowest BCUT2D eigenvalue weighted by Gasteiger charge is -2.30. The summed E-state index contributed by atoms with van der Waals surface area (Å²) in [6, 6.07) is 0.429. The number of nitrogens with zero attached hydrogens (tertiary/aromatic N) is 1. The molecular formula is C14H24N2OS. The summed E-state index contributed by atoms with van der Waals surface area (Å²) in [4.78, 5) is 4.63. The molecule has 102 valence electrons. The molecule has 0 aliphatic heterocycles. The number of aromatic nitrogens is 1. The minimum atomic E-state index is 0.0578. The van der Waals surface area contributed by atoms with Gasteiger partial charge in [0.05, 0.1) is 10.7 Å². The zero-order valence-electron chi connectivity index (χ0n) is 11.4. The van der Waals surface area contributed by atoms with E-state index in [1.807, 2.05) is 0 Å². The van der Waals surface area contributed by atoms with Crippen molar-refractivity contribution in [2.24, 2.45) is 5.41 Å². The molecule has 3 nitrogen and oxygen atoms in total. The van der Waals surface area contributed by atoms with Crippen molar-refractivity contribution >= 4 is 11.3 Å². The number of nitrogens with one attached hydrogen (secondary N) is 1. The summed E-state index contributed by atoms with van der Waals surface area (Å²) in [5.41, 5.74) is 1.21. The molecule has 0 radical (unpaired) electrons. The van der Waals surface area contributed by atoms with Gasteiger partial charge in [0, 0.05) is 30.0 Å². The van der Waals surface area contributed by atoms with E-state index in [-0.39, 0.29) is 12.0 Å². The van der Waals surface area contributed by atoms with Crippen molar-refractivity contribution in [1.82, 2.24) is 10.3 Å². The van der Waals surface area contributed by atoms with Crippen LogP contribution in [0.1, 0.15) is 50.2 Å². The number of hydrogen-bond acceptors (Lipinski definition) is 4. The fraction of sp³-hybridized carbons (Fsp3) is 0.786. The third-order valence-corrected chi connectivity index (χ3v) is 4.99. The largest absolute Gasteiger partial charge is 0.396 e. The predicted molar refractivity (Wildman–Crippen MR) is 75.8 cm³/mol. The van der Waals surface area contributed by atoms with Gasteiger partial charge >= 0.3 is 0 Å². The molecule has 2 N–H and O–H groups in total. The molecule has 1 heterocycles. The fourth-order valence-electron chi connectivity index (χ4n) is 2.76. The summed E-state index contributed by atoms with van der Waals surface area (Å²) < 4.78 is 0. The molecule has 1 aliphatic carbocycles. The summed E-state index contributed by atoms with van der Waals surface area (Å²) in [7, 11) is 0. The van der Waals surface area contributed by atoms with Gasteiger partial charge in [-0.1, -0.05) is 20.3 Å². The van der Waals surface area contributed by atoms with Crippen LogP contribution in [-0.4, -0.2) is 22.7 Å². The second kappa shape index (κ2) is 6.13. The van der Waals surface area contributed by atoms with Crippen LogP contribution in [0.15, 0.2) is 5.38 Å². The first kappa shape index (κ1) is 14.0. The topological polar surface area (TPSA) is 45.2 Å². The van der Waals surface area contributed by atoms with Crippen LogP contribution in [0, 0.1) is 5.41 Å². The van der Waals surface area contributed by atoms with Crippen LogP contribution in [0.25, 0.3) is 0 Å². The van der Waals surface area contributed by atoms with E-state index in [2.05, 4.69) is 29.5 Å². The monoisotopic (exact) mass is 268 g/mol. The van der Waals surface area contributed by atoms with E-state index in [0.29, 0.717) is 6.04 Å². The van der Waals surface area contributed by atoms with E-state index in [0.717, 1.165) is 31.5 Å². The highest BCUT2D eigenvalue weighted by atomic mass is 32.1. The van der Waals surface area contributed by atoms with Crippen molar-refractivity contribution < 1.29 is 5.11 Å². The minimum Gasteiger partial charge on any atom is -0.396 e. The van der Waals surface area contributed by atoms with Crippen LogP contribution in [0.5, 0.6) is 0 Å². The Bertz CT molecular complexity index is 380. The molecule has 2 rings (SSSR count). The zero-order valence-corrected chi connectivity index (χ0v) is 12.2. The molecule has 18 heavy (non-hydrogen) atoms. The van der Waals surface area contributed by atoms with Gasteiger partial charge in [-0.15, -0.1) is 11.3 Å². The highest BCUT2D eigenvalue weighted by Crippen LogP contribution is 2.37. The van der Waals surface area contributed by atoms with Gasteiger partial charge in [0.2, 0.25) is 0 Å². The van der Waals surface area contributed by atoms with Crippen LogP contribution in [0.3, 0.4) is 0 Å². The van der Waals surface area contributed by atoms with E-state index in [9.17, 15) is 5.11 Å². The highest BCUT2D eigenvalue weighted by Gasteiger charge is 2.37. The van der Waals surface area contributed by atoms with Crippen LogP contribution in [0.2, 0.25) is 0 Å². The molecule has 0 spiro atoms. The van der Waals surface area contributed by atoms with Gasteiger partial charge < -0.3 is 10.4 Å². The molecule has 4 heteroatoms. The maximum atomic E-state index is 9.51. The number of aryl methyl sites for hydroxylation is 1. The van der Waals surface area contributed by atoms with Crippen molar-refractivity contribution in [3.8, 4) is 0 Å². The lowest BCUT2D eigenvalue weighted by molar-refractivity contribution is 0.118. The average Bonchev–Trinajstić information content (AvgIpc) is 2.95. The number of rotatable bonds is 6. The van der Waals surface area contributed by atoms with Gasteiger partial charge in [0.15, 0.2) is 0 Å². The third-order valence-electron chi connectivity index (χ3n) is 4.04. The van der Waals surface area contributed by atoms with Gasteiger partial charge in [-0.25, -0.2) is 4.98 Å². The molecule has 1 aliphatic rings. The molecule has 0 aromatic carbocycles. The Morgan fingerprint density at radius 1 is 1.61 bits per heavy atom. The Labute approximate surface area is 114 Å². The van der Waals surface area contributed by atoms with Crippen molar-refractivity contribution in [3.63, 3.8) is 0 Å². The first-order valence-corrected chi connectivity index (χ1v) is 7.83. The van der Waals surface area contributed by atoms with E-state index in [1.54, 1.807) is 11.3 Å². The summed E-state index contributed by atoms with van der Waals surface area (Å²) >= 11 is 1.76. The smallest absolute Gasteiger partial charge is 0.0928 e. The Kier molecular flexibility index (Phi) is 4.76. The van der Waals surface area contributed by atoms with Crippen molar-refractivity contribution in [3.05, 3.63) is 16.1 Å². The standard InChI is InChI=1S/C14H24N2OS/c1-3-5-13-16-11(9-18-13)8-15-12-6-4-7-14(12,2)10-17/h9,12,15,17H,3-8,10H2,1-2H3. The van der Waals surface area contributed by atoms with Crippen molar-refractivity contribution in [2.45, 2.75) is 58.5 Å². The molecule has 1 fully saturated rings. The quantitative estimate of drug-likeness (QED) is 0.834. The van der Waals surface area contributed by atoms with Crippen LogP contribution in [0.4, 0.5) is 0 Å². The van der Waals surface area contributed by atoms with Crippen LogP contribution < -0.4 is 5.32 Å². The molecule has 1 saturated carbocycles. The van der Waals surface area contributed by atoms with E-state index in [1.165, 1.54) is 17.8 Å². The Morgan fingerprint density at radius 2 is 2.44 bits per heavy atom. The number of aliphatic hydroxyl groups excluding tert-OH is 1. The lowest BCUT2D eigenvalue weighted by Crippen LogP contribution is -2.41. The summed E-state index contributed by atoms with van der Waals surface area (Å²) in [5.74, 6) is 0. The third kappa shape index (κ3) is 3.11. The molecule has 2 unspecified atom stereocenters. The summed E-state index contributed by atoms with van der Waals surface area (Å²) in [6.07, 6.45) is 5.75. The molecule has 2 atom stereocenters. The molecule has 0 amide bonds. The number of hydrogen-bond donors (Lipinski definition) is 2. The molecule has 1 aromatic rings. The lowest BCUT2D eigenvalue weighted by atomic mass is 9.86. The molecule has 0 saturated heterocycles. The Morgan fingerprint density at radius 3 is 3.17 bits per heavy atom. The van der Waals surface area contributed by atoms with Crippen molar-refractivity contribution in [2.75, 3.05) is 6.61 Å². The second-order valence-corrected chi connectivity index (χ2v) is 6.56. The predicted octanol–water partition coefficient (Wildman–Crippen LogP) is 2.74. The fourth-order valence-corrected chi connectivity index (χ4v) is 3.66. The van der Waals surface area contributed by atoms with Crippen LogP contribution in [-0.2, 0) is 13.0 Å². The summed E-state index contributed by atoms with van der Waals surface area (Å²) in [6.45, 7) is 5.48. The zero-order chi connectivity index (χ0) is 13.0. The van der Waals surface area contributed by atoms with Crippen molar-refractivity contribution in [1.29, 1.82) is 0 Å². The van der Waals surface area contributed by atoms with Gasteiger partial charge in [0.1, 0.15) is 0 Å². The van der Waals surface area contributed by atoms with E-state index < -0.39 is 0 Å².